The van der Waals surface area contributed by atoms with E-state index in [9.17, 15) is 0 Å². The van der Waals surface area contributed by atoms with Crippen molar-refractivity contribution in [3.63, 3.8) is 0 Å². The third-order valence-corrected chi connectivity index (χ3v) is 0.642. The predicted molar refractivity (Wildman–Crippen MR) is 44.9 cm³/mol. The van der Waals surface area contributed by atoms with Crippen molar-refractivity contribution < 1.29 is 0 Å². The fourth-order valence-corrected chi connectivity index (χ4v) is 0. The van der Waals surface area contributed by atoms with Crippen molar-refractivity contribution in [1.82, 2.24) is 5.32 Å². The summed E-state index contributed by atoms with van der Waals surface area (Å²) in [5.41, 5.74) is 0. The summed E-state index contributed by atoms with van der Waals surface area (Å²) in [6, 6.07) is 0. The molecule has 0 aliphatic rings. The van der Waals surface area contributed by atoms with Gasteiger partial charge in [-0.3, -0.25) is 0 Å². The van der Waals surface area contributed by atoms with E-state index >= 15 is 0 Å². The van der Waals surface area contributed by atoms with Gasteiger partial charge in [-0.1, -0.05) is 12.2 Å². The van der Waals surface area contributed by atoms with E-state index < -0.39 is 0 Å². The molecule has 0 rings (SSSR count). The van der Waals surface area contributed by atoms with Gasteiger partial charge in [0.2, 0.25) is 0 Å². The third kappa shape index (κ3) is 17.8. The second kappa shape index (κ2) is 11.1. The maximum atomic E-state index is 4.45. The van der Waals surface area contributed by atoms with E-state index in [-0.39, 0.29) is 59.1 Å². The van der Waals surface area contributed by atoms with E-state index in [1.165, 1.54) is 0 Å². The number of thiocarbonyl (C=S) groups is 1. The first-order chi connectivity index (χ1) is 2.27. The van der Waals surface area contributed by atoms with E-state index in [0.29, 0.717) is 4.32 Å². The average Bonchev–Trinajstić information content (AvgIpc) is 1.38. The molecule has 1 nitrogen and oxygen atoms in total. The van der Waals surface area contributed by atoms with E-state index in [1.54, 1.807) is 7.05 Å². The van der Waals surface area contributed by atoms with Gasteiger partial charge in [-0.25, -0.2) is 0 Å². The molecule has 0 spiro atoms. The Bertz CT molecular complexity index is 49.0. The molecule has 0 aromatic carbocycles. The van der Waals surface area contributed by atoms with Crippen LogP contribution in [0.3, 0.4) is 0 Å². The molecule has 0 atom stereocenters. The molecule has 7 heavy (non-hydrogen) atoms. The normalized spacial score (nSPS) is 4.86. The zero-order valence-corrected chi connectivity index (χ0v) is 4.57. The second-order valence-electron chi connectivity index (χ2n) is 0.555. The SMILES string of the molecule is CNC(=S)S.[NaH].[NaH]. The van der Waals surface area contributed by atoms with Gasteiger partial charge in [0.05, 0.1) is 0 Å². The van der Waals surface area contributed by atoms with Crippen molar-refractivity contribution in [3.05, 3.63) is 0 Å². The van der Waals surface area contributed by atoms with Crippen LogP contribution >= 0.6 is 24.8 Å². The average molecular weight is 155 g/mol. The van der Waals surface area contributed by atoms with Crippen LogP contribution in [0.5, 0.6) is 0 Å². The molecule has 34 valence electrons. The molecule has 0 radical (unpaired) electrons. The van der Waals surface area contributed by atoms with Gasteiger partial charge in [-0.2, -0.15) is 0 Å². The first-order valence-corrected chi connectivity index (χ1v) is 2.03. The zero-order chi connectivity index (χ0) is 4.28. The number of nitrogens with one attached hydrogen (secondary N) is 1. The van der Waals surface area contributed by atoms with Gasteiger partial charge >= 0.3 is 59.1 Å². The van der Waals surface area contributed by atoms with Crippen LogP contribution in [0.15, 0.2) is 0 Å². The van der Waals surface area contributed by atoms with E-state index in [1.807, 2.05) is 0 Å². The van der Waals surface area contributed by atoms with Crippen molar-refractivity contribution >= 4 is 88.3 Å². The predicted octanol–water partition coefficient (Wildman–Crippen LogP) is -0.877. The van der Waals surface area contributed by atoms with E-state index in [0.717, 1.165) is 0 Å². The Morgan fingerprint density at radius 2 is 1.71 bits per heavy atom. The van der Waals surface area contributed by atoms with Gasteiger partial charge in [0.15, 0.2) is 0 Å². The van der Waals surface area contributed by atoms with Gasteiger partial charge in [0.1, 0.15) is 4.32 Å². The molecule has 0 bridgehead atoms. The Hall–Kier alpha value is 2.24. The molecule has 0 saturated carbocycles. The molecule has 1 N–H and O–H groups in total. The molecule has 0 heterocycles. The fraction of sp³-hybridized carbons (Fsp3) is 0.500. The van der Waals surface area contributed by atoms with Crippen molar-refractivity contribution in [2.24, 2.45) is 0 Å². The second-order valence-corrected chi connectivity index (χ2v) is 1.71. The summed E-state index contributed by atoms with van der Waals surface area (Å²) >= 11 is 8.17. The Labute approximate surface area is 99.0 Å². The summed E-state index contributed by atoms with van der Waals surface area (Å²) in [5, 5.41) is 2.62. The van der Waals surface area contributed by atoms with Crippen molar-refractivity contribution in [3.8, 4) is 0 Å². The molecule has 5 heteroatoms. The van der Waals surface area contributed by atoms with Crippen LogP contribution in [0.4, 0.5) is 0 Å². The maximum absolute atomic E-state index is 4.45. The minimum atomic E-state index is 0. The molecular formula is C2H7NNa2S2. The van der Waals surface area contributed by atoms with Gasteiger partial charge in [0, 0.05) is 7.05 Å². The van der Waals surface area contributed by atoms with E-state index in [4.69, 9.17) is 0 Å². The van der Waals surface area contributed by atoms with Crippen molar-refractivity contribution in [2.75, 3.05) is 7.05 Å². The van der Waals surface area contributed by atoms with Crippen molar-refractivity contribution in [1.29, 1.82) is 0 Å². The summed E-state index contributed by atoms with van der Waals surface area (Å²) in [7, 11) is 1.73. The van der Waals surface area contributed by atoms with Crippen LogP contribution in [-0.2, 0) is 0 Å². The van der Waals surface area contributed by atoms with Crippen LogP contribution < -0.4 is 5.32 Å². The summed E-state index contributed by atoms with van der Waals surface area (Å²) in [4.78, 5) is 0. The van der Waals surface area contributed by atoms with Gasteiger partial charge in [0.25, 0.3) is 0 Å². The quantitative estimate of drug-likeness (QED) is 0.268. The van der Waals surface area contributed by atoms with Crippen LogP contribution in [0.25, 0.3) is 0 Å². The van der Waals surface area contributed by atoms with Crippen LogP contribution in [0.2, 0.25) is 0 Å². The Morgan fingerprint density at radius 3 is 1.71 bits per heavy atom. The topological polar surface area (TPSA) is 12.0 Å². The first kappa shape index (κ1) is 16.1. The fourth-order valence-electron chi connectivity index (χ4n) is 0. The summed E-state index contributed by atoms with van der Waals surface area (Å²) in [5.74, 6) is 0. The van der Waals surface area contributed by atoms with Gasteiger partial charge < -0.3 is 5.32 Å². The van der Waals surface area contributed by atoms with Crippen molar-refractivity contribution in [2.45, 2.75) is 0 Å². The third-order valence-electron chi connectivity index (χ3n) is 0.214. The number of thiol groups is 1. The summed E-state index contributed by atoms with van der Waals surface area (Å²) < 4.78 is 0.532. The molecule has 0 amide bonds. The molecule has 0 aliphatic heterocycles. The summed E-state index contributed by atoms with van der Waals surface area (Å²) in [6.07, 6.45) is 0. The molecule has 0 unspecified atom stereocenters. The molecule has 0 aliphatic carbocycles. The van der Waals surface area contributed by atoms with Crippen LogP contribution in [0, 0.1) is 0 Å². The standard InChI is InChI=1S/C2H5NS2.2Na.2H/c1-3-2(4)5;;;;/h1H3,(H2,3,4,5);;;;. The minimum absolute atomic E-state index is 0. The molecular weight excluding hydrogens is 148 g/mol. The molecule has 0 fully saturated rings. The number of hydrogen-bond acceptors (Lipinski definition) is 1. The molecule has 0 aromatic heterocycles. The monoisotopic (exact) mass is 155 g/mol. The van der Waals surface area contributed by atoms with Crippen LogP contribution in [0.1, 0.15) is 0 Å². The van der Waals surface area contributed by atoms with Gasteiger partial charge in [-0.05, 0) is 0 Å². The Balaban J connectivity index is -0.0000000800. The zero-order valence-electron chi connectivity index (χ0n) is 2.86. The Morgan fingerprint density at radius 1 is 1.57 bits per heavy atom. The number of rotatable bonds is 0. The number of hydrogen-bond donors (Lipinski definition) is 2. The first-order valence-electron chi connectivity index (χ1n) is 1.18. The molecule has 0 aromatic rings. The molecule has 0 saturated heterocycles. The van der Waals surface area contributed by atoms with Crippen LogP contribution in [-0.4, -0.2) is 70.5 Å². The van der Waals surface area contributed by atoms with Gasteiger partial charge in [-0.15, -0.1) is 12.6 Å². The van der Waals surface area contributed by atoms with E-state index in [2.05, 4.69) is 30.2 Å². The summed E-state index contributed by atoms with van der Waals surface area (Å²) in [6.45, 7) is 0. The Kier molecular flexibility index (Phi) is 25.5.